The third-order valence-electron chi connectivity index (χ3n) is 7.68. The summed E-state index contributed by atoms with van der Waals surface area (Å²) in [5.74, 6) is 1.56. The van der Waals surface area contributed by atoms with E-state index in [-0.39, 0.29) is 5.91 Å². The molecule has 1 aromatic carbocycles. The van der Waals surface area contributed by atoms with Gasteiger partial charge in [-0.2, -0.15) is 5.10 Å². The zero-order valence-corrected chi connectivity index (χ0v) is 23.1. The molecule has 2 aliphatic heterocycles. The molecular weight excluding hydrogens is 512 g/mol. The summed E-state index contributed by atoms with van der Waals surface area (Å²) < 4.78 is 6.79. The molecule has 10 nitrogen and oxygen atoms in total. The van der Waals surface area contributed by atoms with Gasteiger partial charge in [-0.1, -0.05) is 18.6 Å². The van der Waals surface area contributed by atoms with Gasteiger partial charge < -0.3 is 20.3 Å². The summed E-state index contributed by atoms with van der Waals surface area (Å²) in [7, 11) is 0. The van der Waals surface area contributed by atoms with Gasteiger partial charge in [-0.05, 0) is 31.5 Å². The number of nitrogens with one attached hydrogen (secondary N) is 1. The Kier molecular flexibility index (Phi) is 8.00. The van der Waals surface area contributed by atoms with Crippen molar-refractivity contribution >= 4 is 44.2 Å². The SMILES string of the molecule is NC(=O)CCCCCN1CCN(Cc2cc3nc(-c4cccc5[nH]ncc45)nc(N4CCOCC4)c3s2)CC1. The van der Waals surface area contributed by atoms with E-state index in [1.54, 1.807) is 0 Å². The number of hydrogen-bond acceptors (Lipinski definition) is 9. The maximum Gasteiger partial charge on any atom is 0.217 e. The number of benzene rings is 1. The van der Waals surface area contributed by atoms with E-state index in [9.17, 15) is 4.79 Å². The molecule has 0 bridgehead atoms. The fourth-order valence-electron chi connectivity index (χ4n) is 5.52. The summed E-state index contributed by atoms with van der Waals surface area (Å²) >= 11 is 1.82. The molecular formula is C28H36N8O2S. The lowest BCUT2D eigenvalue weighted by atomic mass is 10.1. The molecule has 0 atom stereocenters. The van der Waals surface area contributed by atoms with E-state index in [0.29, 0.717) is 19.6 Å². The first-order valence-corrected chi connectivity index (χ1v) is 14.7. The van der Waals surface area contributed by atoms with Gasteiger partial charge in [-0.25, -0.2) is 9.97 Å². The number of piperazine rings is 1. The predicted octanol–water partition coefficient (Wildman–Crippen LogP) is 3.23. The number of carbonyl (C=O) groups is 1. The second kappa shape index (κ2) is 12.0. The number of fused-ring (bicyclic) bond motifs is 2. The zero-order valence-electron chi connectivity index (χ0n) is 22.3. The molecule has 0 saturated carbocycles. The smallest absolute Gasteiger partial charge is 0.217 e. The number of morpholine rings is 1. The Morgan fingerprint density at radius 1 is 1.03 bits per heavy atom. The van der Waals surface area contributed by atoms with Gasteiger partial charge in [0, 0.05) is 68.1 Å². The van der Waals surface area contributed by atoms with Crippen LogP contribution in [0.1, 0.15) is 30.6 Å². The van der Waals surface area contributed by atoms with Gasteiger partial charge in [-0.15, -0.1) is 11.3 Å². The number of aromatic nitrogens is 4. The number of thiophene rings is 1. The summed E-state index contributed by atoms with van der Waals surface area (Å²) in [4.78, 5) is 29.9. The van der Waals surface area contributed by atoms with Gasteiger partial charge in [0.15, 0.2) is 11.6 Å². The molecule has 0 unspecified atom stereocenters. The summed E-state index contributed by atoms with van der Waals surface area (Å²) in [5.41, 5.74) is 8.24. The number of ether oxygens (including phenoxy) is 1. The maximum atomic E-state index is 10.9. The minimum atomic E-state index is -0.195. The quantitative estimate of drug-likeness (QED) is 0.290. The molecule has 206 valence electrons. The molecule has 4 aromatic rings. The van der Waals surface area contributed by atoms with Crippen LogP contribution in [0.2, 0.25) is 0 Å². The molecule has 5 heterocycles. The van der Waals surface area contributed by atoms with Crippen molar-refractivity contribution in [2.45, 2.75) is 32.2 Å². The first-order valence-electron chi connectivity index (χ1n) is 13.9. The average molecular weight is 549 g/mol. The van der Waals surface area contributed by atoms with Crippen LogP contribution in [0.4, 0.5) is 5.82 Å². The van der Waals surface area contributed by atoms with Crippen molar-refractivity contribution in [3.63, 3.8) is 0 Å². The van der Waals surface area contributed by atoms with Crippen LogP contribution in [-0.2, 0) is 16.1 Å². The number of H-pyrrole nitrogens is 1. The number of carbonyl (C=O) groups excluding carboxylic acids is 1. The maximum absolute atomic E-state index is 10.9. The molecule has 2 saturated heterocycles. The summed E-state index contributed by atoms with van der Waals surface area (Å²) in [6.45, 7) is 9.41. The lowest BCUT2D eigenvalue weighted by molar-refractivity contribution is -0.118. The fourth-order valence-corrected chi connectivity index (χ4v) is 6.67. The third kappa shape index (κ3) is 6.06. The Labute approximate surface area is 232 Å². The van der Waals surface area contributed by atoms with E-state index < -0.39 is 0 Å². The van der Waals surface area contributed by atoms with E-state index in [0.717, 1.165) is 110 Å². The van der Waals surface area contributed by atoms with Gasteiger partial charge in [0.2, 0.25) is 5.91 Å². The van der Waals surface area contributed by atoms with Crippen LogP contribution in [0.15, 0.2) is 30.5 Å². The molecule has 0 radical (unpaired) electrons. The van der Waals surface area contributed by atoms with Crippen LogP contribution < -0.4 is 10.6 Å². The minimum Gasteiger partial charge on any atom is -0.378 e. The largest absolute Gasteiger partial charge is 0.378 e. The first kappa shape index (κ1) is 26.1. The Morgan fingerprint density at radius 2 is 1.85 bits per heavy atom. The van der Waals surface area contributed by atoms with Crippen LogP contribution in [-0.4, -0.2) is 94.9 Å². The second-order valence-electron chi connectivity index (χ2n) is 10.4. The number of unbranched alkanes of at least 4 members (excludes halogenated alkanes) is 2. The van der Waals surface area contributed by atoms with Gasteiger partial charge in [0.05, 0.1) is 35.1 Å². The van der Waals surface area contributed by atoms with E-state index >= 15 is 0 Å². The molecule has 0 aliphatic carbocycles. The number of rotatable bonds is 10. The molecule has 0 spiro atoms. The second-order valence-corrected chi connectivity index (χ2v) is 11.6. The summed E-state index contributed by atoms with van der Waals surface area (Å²) in [6, 6.07) is 8.39. The number of hydrogen-bond donors (Lipinski definition) is 2. The molecule has 1 amide bonds. The number of nitrogens with zero attached hydrogens (tertiary/aromatic N) is 6. The highest BCUT2D eigenvalue weighted by Crippen LogP contribution is 2.36. The van der Waals surface area contributed by atoms with Crippen molar-refractivity contribution in [2.24, 2.45) is 5.73 Å². The van der Waals surface area contributed by atoms with Crippen LogP contribution in [0.5, 0.6) is 0 Å². The van der Waals surface area contributed by atoms with Crippen LogP contribution in [0.3, 0.4) is 0 Å². The highest BCUT2D eigenvalue weighted by atomic mass is 32.1. The van der Waals surface area contributed by atoms with E-state index in [1.807, 2.05) is 29.7 Å². The first-order chi connectivity index (χ1) is 19.1. The van der Waals surface area contributed by atoms with Crippen LogP contribution in [0, 0.1) is 0 Å². The molecule has 6 rings (SSSR count). The van der Waals surface area contributed by atoms with E-state index in [4.69, 9.17) is 20.4 Å². The van der Waals surface area contributed by atoms with Crippen molar-refractivity contribution in [3.8, 4) is 11.4 Å². The number of anilines is 1. The molecule has 3 aromatic heterocycles. The number of nitrogens with two attached hydrogens (primary N) is 1. The van der Waals surface area contributed by atoms with E-state index in [1.165, 1.54) is 4.88 Å². The van der Waals surface area contributed by atoms with Gasteiger partial charge in [-0.3, -0.25) is 14.8 Å². The summed E-state index contributed by atoms with van der Waals surface area (Å²) in [6.07, 6.45) is 5.44. The monoisotopic (exact) mass is 548 g/mol. The van der Waals surface area contributed by atoms with E-state index in [2.05, 4.69) is 37.0 Å². The van der Waals surface area contributed by atoms with Crippen LogP contribution in [0.25, 0.3) is 32.5 Å². The van der Waals surface area contributed by atoms with Crippen molar-refractivity contribution < 1.29 is 9.53 Å². The molecule has 39 heavy (non-hydrogen) atoms. The third-order valence-corrected chi connectivity index (χ3v) is 8.79. The highest BCUT2D eigenvalue weighted by molar-refractivity contribution is 7.19. The van der Waals surface area contributed by atoms with Crippen molar-refractivity contribution in [1.82, 2.24) is 30.0 Å². The Morgan fingerprint density at radius 3 is 2.67 bits per heavy atom. The number of aromatic amines is 1. The standard InChI is InChI=1S/C28H36N8O2S/c29-25(37)7-2-1-3-8-34-9-11-35(12-10-34)19-20-17-24-26(39-20)28(36-13-15-38-16-14-36)32-27(31-24)21-5-4-6-23-22(21)18-30-33-23/h4-6,17-18H,1-3,7-16,19H2,(H2,29,37)(H,30,33). The molecule has 2 fully saturated rings. The van der Waals surface area contributed by atoms with Gasteiger partial charge in [0.25, 0.3) is 0 Å². The summed E-state index contributed by atoms with van der Waals surface area (Å²) in [5, 5.41) is 8.33. The number of primary amides is 1. The molecule has 11 heteroatoms. The van der Waals surface area contributed by atoms with Crippen molar-refractivity contribution in [2.75, 3.05) is 63.9 Å². The van der Waals surface area contributed by atoms with Crippen LogP contribution >= 0.6 is 11.3 Å². The zero-order chi connectivity index (χ0) is 26.6. The molecule has 2 aliphatic rings. The van der Waals surface area contributed by atoms with Gasteiger partial charge in [0.1, 0.15) is 0 Å². The lowest BCUT2D eigenvalue weighted by Gasteiger charge is -2.34. The average Bonchev–Trinajstić information content (AvgIpc) is 3.60. The van der Waals surface area contributed by atoms with Crippen molar-refractivity contribution in [3.05, 3.63) is 35.3 Å². The molecule has 3 N–H and O–H groups in total. The van der Waals surface area contributed by atoms with Crippen molar-refractivity contribution in [1.29, 1.82) is 0 Å². The fraction of sp³-hybridized carbons (Fsp3) is 0.500. The Bertz CT molecular complexity index is 1420. The predicted molar refractivity (Wildman–Crippen MR) is 155 cm³/mol. The Hall–Kier alpha value is -3.12. The number of amides is 1. The lowest BCUT2D eigenvalue weighted by Crippen LogP contribution is -2.45. The Balaban J connectivity index is 1.18. The highest BCUT2D eigenvalue weighted by Gasteiger charge is 2.23. The normalized spacial score (nSPS) is 17.4. The van der Waals surface area contributed by atoms with Gasteiger partial charge >= 0.3 is 0 Å². The minimum absolute atomic E-state index is 0.195. The topological polar surface area (TPSA) is 116 Å².